The van der Waals surface area contributed by atoms with Crippen LogP contribution < -0.4 is 5.32 Å². The topological polar surface area (TPSA) is 38.1 Å². The number of nitrogens with one attached hydrogen (secondary N) is 1. The Bertz CT molecular complexity index is 286. The van der Waals surface area contributed by atoms with Crippen molar-refractivity contribution in [3.05, 3.63) is 12.0 Å². The minimum atomic E-state index is 0.488. The zero-order valence-corrected chi connectivity index (χ0v) is 10.7. The number of hydrogen-bond acceptors (Lipinski definition) is 4. The highest BCUT2D eigenvalue weighted by Crippen LogP contribution is 2.21. The lowest BCUT2D eigenvalue weighted by atomic mass is 10.2. The van der Waals surface area contributed by atoms with E-state index in [1.807, 2.05) is 6.92 Å². The monoisotopic (exact) mass is 228 g/mol. The van der Waals surface area contributed by atoms with Gasteiger partial charge in [0.15, 0.2) is 0 Å². The zero-order valence-electron chi connectivity index (χ0n) is 9.91. The van der Waals surface area contributed by atoms with E-state index in [2.05, 4.69) is 31.1 Å². The predicted molar refractivity (Wildman–Crippen MR) is 64.3 cm³/mol. The van der Waals surface area contributed by atoms with Crippen molar-refractivity contribution in [2.75, 3.05) is 13.1 Å². The number of oxazole rings is 1. The highest BCUT2D eigenvalue weighted by molar-refractivity contribution is 7.99. The average Bonchev–Trinajstić information content (AvgIpc) is 2.50. The second kappa shape index (κ2) is 6.18. The highest BCUT2D eigenvalue weighted by Gasteiger charge is 2.08. The third-order valence-corrected chi connectivity index (χ3v) is 2.84. The summed E-state index contributed by atoms with van der Waals surface area (Å²) in [5, 5.41) is 4.68. The first-order valence-electron chi connectivity index (χ1n) is 5.37. The Morgan fingerprint density at radius 1 is 1.40 bits per heavy atom. The maximum absolute atomic E-state index is 5.29. The van der Waals surface area contributed by atoms with Crippen LogP contribution >= 0.6 is 11.8 Å². The Labute approximate surface area is 96.0 Å². The van der Waals surface area contributed by atoms with Crippen LogP contribution in [0, 0.1) is 12.8 Å². The summed E-state index contributed by atoms with van der Waals surface area (Å²) in [5.74, 6) is 0.700. The van der Waals surface area contributed by atoms with Gasteiger partial charge in [-0.05, 0) is 19.4 Å². The molecule has 3 nitrogen and oxygen atoms in total. The number of hydrogen-bond donors (Lipinski definition) is 1. The molecule has 0 saturated heterocycles. The van der Waals surface area contributed by atoms with Gasteiger partial charge in [0.1, 0.15) is 6.26 Å². The van der Waals surface area contributed by atoms with E-state index in [0.717, 1.165) is 24.0 Å². The van der Waals surface area contributed by atoms with Crippen LogP contribution in [0.5, 0.6) is 0 Å². The molecule has 1 atom stereocenters. The molecule has 0 aliphatic rings. The normalized spacial score (nSPS) is 13.4. The Morgan fingerprint density at radius 3 is 2.67 bits per heavy atom. The van der Waals surface area contributed by atoms with Crippen molar-refractivity contribution in [1.29, 1.82) is 0 Å². The second-order valence-electron chi connectivity index (χ2n) is 4.24. The van der Waals surface area contributed by atoms with Crippen LogP contribution in [-0.2, 0) is 0 Å². The molecule has 0 amide bonds. The van der Waals surface area contributed by atoms with Gasteiger partial charge >= 0.3 is 0 Å². The fourth-order valence-corrected chi connectivity index (χ4v) is 2.02. The van der Waals surface area contributed by atoms with E-state index in [1.165, 1.54) is 0 Å². The maximum atomic E-state index is 5.29. The number of aromatic nitrogens is 1. The van der Waals surface area contributed by atoms with Crippen molar-refractivity contribution in [3.8, 4) is 0 Å². The van der Waals surface area contributed by atoms with Gasteiger partial charge in [-0.1, -0.05) is 32.5 Å². The minimum absolute atomic E-state index is 0.488. The molecule has 1 N–H and O–H groups in total. The number of aryl methyl sites for hydroxylation is 1. The number of rotatable bonds is 6. The van der Waals surface area contributed by atoms with Crippen molar-refractivity contribution < 1.29 is 4.42 Å². The molecule has 15 heavy (non-hydrogen) atoms. The summed E-state index contributed by atoms with van der Waals surface area (Å²) in [7, 11) is 0. The van der Waals surface area contributed by atoms with Crippen LogP contribution in [0.1, 0.15) is 26.5 Å². The Morgan fingerprint density at radius 2 is 2.13 bits per heavy atom. The van der Waals surface area contributed by atoms with Crippen LogP contribution in [0.2, 0.25) is 0 Å². The van der Waals surface area contributed by atoms with E-state index in [0.29, 0.717) is 11.2 Å². The van der Waals surface area contributed by atoms with Gasteiger partial charge in [0.2, 0.25) is 0 Å². The van der Waals surface area contributed by atoms with Crippen molar-refractivity contribution in [2.24, 2.45) is 5.92 Å². The van der Waals surface area contributed by atoms with Crippen molar-refractivity contribution in [1.82, 2.24) is 10.3 Å². The number of thioether (sulfide) groups is 1. The summed E-state index contributed by atoms with van der Waals surface area (Å²) in [6.07, 6.45) is 1.69. The minimum Gasteiger partial charge on any atom is -0.440 e. The predicted octanol–water partition coefficient (Wildman–Crippen LogP) is 2.71. The molecule has 1 aromatic heterocycles. The fourth-order valence-electron chi connectivity index (χ4n) is 1.18. The Kier molecular flexibility index (Phi) is 5.19. The molecule has 1 aromatic rings. The molecule has 0 aliphatic heterocycles. The van der Waals surface area contributed by atoms with Crippen molar-refractivity contribution in [3.63, 3.8) is 0 Å². The summed E-state index contributed by atoms with van der Waals surface area (Å²) >= 11 is 1.68. The summed E-state index contributed by atoms with van der Waals surface area (Å²) < 4.78 is 5.29. The molecule has 0 bridgehead atoms. The van der Waals surface area contributed by atoms with E-state index < -0.39 is 0 Å². The smallest absolute Gasteiger partial charge is 0.256 e. The lowest BCUT2D eigenvalue weighted by Gasteiger charge is -2.11. The lowest BCUT2D eigenvalue weighted by molar-refractivity contribution is 0.452. The van der Waals surface area contributed by atoms with Gasteiger partial charge in [-0.25, -0.2) is 4.98 Å². The molecule has 1 rings (SSSR count). The molecule has 86 valence electrons. The molecule has 1 unspecified atom stereocenters. The van der Waals surface area contributed by atoms with E-state index in [1.54, 1.807) is 18.0 Å². The lowest BCUT2D eigenvalue weighted by Crippen LogP contribution is -2.26. The standard InChI is InChI=1S/C11H20N2OS/c1-8(2)5-12-6-10(4)15-11-13-9(3)7-14-11/h7-8,10,12H,5-6H2,1-4H3. The SMILES string of the molecule is Cc1coc(SC(C)CNCC(C)C)n1. The summed E-state index contributed by atoms with van der Waals surface area (Å²) in [6.45, 7) is 10.6. The zero-order chi connectivity index (χ0) is 11.3. The molecule has 4 heteroatoms. The van der Waals surface area contributed by atoms with Gasteiger partial charge in [0, 0.05) is 11.8 Å². The van der Waals surface area contributed by atoms with E-state index in [4.69, 9.17) is 4.42 Å². The van der Waals surface area contributed by atoms with Crippen LogP contribution in [0.15, 0.2) is 15.9 Å². The first-order chi connectivity index (χ1) is 7.08. The molecule has 1 heterocycles. The summed E-state index contributed by atoms with van der Waals surface area (Å²) in [5.41, 5.74) is 0.944. The summed E-state index contributed by atoms with van der Waals surface area (Å²) in [4.78, 5) is 4.26. The Hall–Kier alpha value is -0.480. The molecule has 0 spiro atoms. The van der Waals surface area contributed by atoms with Gasteiger partial charge < -0.3 is 9.73 Å². The van der Waals surface area contributed by atoms with E-state index in [9.17, 15) is 0 Å². The number of nitrogens with zero attached hydrogens (tertiary/aromatic N) is 1. The van der Waals surface area contributed by atoms with Gasteiger partial charge in [-0.15, -0.1) is 0 Å². The molecule has 0 radical (unpaired) electrons. The first kappa shape index (κ1) is 12.6. The largest absolute Gasteiger partial charge is 0.440 e. The Balaban J connectivity index is 2.21. The molecular formula is C11H20N2OS. The van der Waals surface area contributed by atoms with Crippen LogP contribution in [0.4, 0.5) is 0 Å². The fraction of sp³-hybridized carbons (Fsp3) is 0.727. The maximum Gasteiger partial charge on any atom is 0.256 e. The first-order valence-corrected chi connectivity index (χ1v) is 6.25. The van der Waals surface area contributed by atoms with E-state index in [-0.39, 0.29) is 0 Å². The molecule has 0 aliphatic carbocycles. The van der Waals surface area contributed by atoms with Crippen LogP contribution in [0.3, 0.4) is 0 Å². The van der Waals surface area contributed by atoms with Crippen molar-refractivity contribution in [2.45, 2.75) is 38.2 Å². The second-order valence-corrected chi connectivity index (χ2v) is 5.63. The van der Waals surface area contributed by atoms with Crippen LogP contribution in [0.25, 0.3) is 0 Å². The molecule has 0 aromatic carbocycles. The van der Waals surface area contributed by atoms with E-state index >= 15 is 0 Å². The third-order valence-electron chi connectivity index (χ3n) is 1.88. The van der Waals surface area contributed by atoms with Crippen LogP contribution in [-0.4, -0.2) is 23.3 Å². The third kappa shape index (κ3) is 5.23. The van der Waals surface area contributed by atoms with Gasteiger partial charge in [-0.3, -0.25) is 0 Å². The molecule has 0 saturated carbocycles. The van der Waals surface area contributed by atoms with Gasteiger partial charge in [0.25, 0.3) is 5.22 Å². The quantitative estimate of drug-likeness (QED) is 0.760. The summed E-state index contributed by atoms with van der Waals surface area (Å²) in [6, 6.07) is 0. The van der Waals surface area contributed by atoms with Gasteiger partial charge in [-0.2, -0.15) is 0 Å². The van der Waals surface area contributed by atoms with Crippen molar-refractivity contribution >= 4 is 11.8 Å². The molecular weight excluding hydrogens is 208 g/mol. The molecule has 0 fully saturated rings. The average molecular weight is 228 g/mol. The highest BCUT2D eigenvalue weighted by atomic mass is 32.2. The van der Waals surface area contributed by atoms with Gasteiger partial charge in [0.05, 0.1) is 5.69 Å².